The van der Waals surface area contributed by atoms with Gasteiger partial charge < -0.3 is 19.6 Å². The van der Waals surface area contributed by atoms with Gasteiger partial charge in [-0.2, -0.15) is 0 Å². The first-order valence-corrected chi connectivity index (χ1v) is 8.71. The Hall–Kier alpha value is -2.71. The van der Waals surface area contributed by atoms with Gasteiger partial charge in [0.2, 0.25) is 0 Å². The van der Waals surface area contributed by atoms with Crippen molar-refractivity contribution in [1.82, 2.24) is 10.3 Å². The number of benzene rings is 1. The van der Waals surface area contributed by atoms with Gasteiger partial charge in [0.15, 0.2) is 16.5 Å². The lowest BCUT2D eigenvalue weighted by Gasteiger charge is -2.27. The summed E-state index contributed by atoms with van der Waals surface area (Å²) in [6, 6.07) is 10.9. The van der Waals surface area contributed by atoms with E-state index in [0.29, 0.717) is 10.8 Å². The number of furan rings is 1. The van der Waals surface area contributed by atoms with E-state index >= 15 is 0 Å². The van der Waals surface area contributed by atoms with E-state index < -0.39 is 17.4 Å². The summed E-state index contributed by atoms with van der Waals surface area (Å²) in [5.74, 6) is -0.951. The minimum Gasteiger partial charge on any atom is -0.481 e. The molecule has 1 unspecified atom stereocenters. The van der Waals surface area contributed by atoms with Crippen molar-refractivity contribution in [2.24, 2.45) is 0 Å². The van der Waals surface area contributed by atoms with Crippen LogP contribution >= 0.6 is 11.3 Å². The number of nitrogens with zero attached hydrogens (tertiary/aromatic N) is 1. The number of amides is 1. The summed E-state index contributed by atoms with van der Waals surface area (Å²) in [6.45, 7) is 1.68. The topological polar surface area (TPSA) is 102 Å². The monoisotopic (exact) mass is 374 g/mol. The first-order chi connectivity index (χ1) is 12.4. The molecule has 3 aromatic rings. The second kappa shape index (κ2) is 7.27. The number of hydrogen-bond acceptors (Lipinski definition) is 6. The molecule has 0 spiro atoms. The molecule has 1 amide bonds. The molecule has 2 N–H and O–H groups in total. The van der Waals surface area contributed by atoms with E-state index in [-0.39, 0.29) is 18.8 Å². The van der Waals surface area contributed by atoms with E-state index in [2.05, 4.69) is 10.3 Å². The Morgan fingerprint density at radius 2 is 2.08 bits per heavy atom. The van der Waals surface area contributed by atoms with Crippen molar-refractivity contribution in [2.75, 3.05) is 13.7 Å². The third-order valence-electron chi connectivity index (χ3n) is 3.75. The molecule has 1 aromatic carbocycles. The van der Waals surface area contributed by atoms with Crippen LogP contribution in [0, 0.1) is 0 Å². The van der Waals surface area contributed by atoms with Crippen molar-refractivity contribution in [1.29, 1.82) is 0 Å². The minimum atomic E-state index is -1.04. The van der Waals surface area contributed by atoms with Crippen LogP contribution in [0.5, 0.6) is 0 Å². The molecular formula is C18H18N2O5S. The summed E-state index contributed by atoms with van der Waals surface area (Å²) in [5.41, 5.74) is -0.176. The van der Waals surface area contributed by atoms with Gasteiger partial charge in [-0.1, -0.05) is 12.1 Å². The maximum atomic E-state index is 12.5. The average Bonchev–Trinajstić information content (AvgIpc) is 3.20. The number of aliphatic carboxylic acids is 1. The molecule has 0 saturated heterocycles. The number of hydrogen-bond donors (Lipinski definition) is 2. The molecule has 0 aliphatic heterocycles. The fourth-order valence-electron chi connectivity index (χ4n) is 2.67. The quantitative estimate of drug-likeness (QED) is 0.659. The van der Waals surface area contributed by atoms with Crippen molar-refractivity contribution in [3.8, 4) is 10.8 Å². The van der Waals surface area contributed by atoms with E-state index in [1.165, 1.54) is 18.4 Å². The molecule has 0 aliphatic carbocycles. The summed E-state index contributed by atoms with van der Waals surface area (Å²) < 4.78 is 11.7. The molecule has 26 heavy (non-hydrogen) atoms. The molecule has 0 aliphatic rings. The van der Waals surface area contributed by atoms with Crippen LogP contribution in [0.4, 0.5) is 0 Å². The zero-order valence-corrected chi connectivity index (χ0v) is 15.1. The highest BCUT2D eigenvalue weighted by Gasteiger charge is 2.31. The van der Waals surface area contributed by atoms with E-state index in [1.54, 1.807) is 19.1 Å². The molecule has 2 aromatic heterocycles. The fraction of sp³-hybridized carbons (Fsp3) is 0.278. The van der Waals surface area contributed by atoms with Crippen molar-refractivity contribution < 1.29 is 23.8 Å². The standard InChI is InChI=1S/C18H18N2O5S/c1-18(10-24-2,9-15(21)22)20-16(23)12-7-8-13(25-12)17-19-11-5-3-4-6-14(11)26-17/h3-8H,9-10H2,1-2H3,(H,20,23)(H,21,22). The lowest BCUT2D eigenvalue weighted by Crippen LogP contribution is -2.50. The highest BCUT2D eigenvalue weighted by atomic mass is 32.1. The molecule has 7 nitrogen and oxygen atoms in total. The van der Waals surface area contributed by atoms with Gasteiger partial charge in [0.1, 0.15) is 0 Å². The number of rotatable bonds is 7. The summed E-state index contributed by atoms with van der Waals surface area (Å²) >= 11 is 1.47. The summed E-state index contributed by atoms with van der Waals surface area (Å²) in [7, 11) is 1.45. The van der Waals surface area contributed by atoms with Crippen molar-refractivity contribution in [3.63, 3.8) is 0 Å². The summed E-state index contributed by atoms with van der Waals surface area (Å²) in [4.78, 5) is 28.0. The number of aromatic nitrogens is 1. The van der Waals surface area contributed by atoms with Crippen LogP contribution in [-0.4, -0.2) is 41.2 Å². The van der Waals surface area contributed by atoms with E-state index in [4.69, 9.17) is 14.3 Å². The number of thiazole rings is 1. The van der Waals surface area contributed by atoms with E-state index in [0.717, 1.165) is 10.2 Å². The average molecular weight is 374 g/mol. The van der Waals surface area contributed by atoms with Gasteiger partial charge in [-0.05, 0) is 31.2 Å². The number of methoxy groups -OCH3 is 1. The Labute approximate surface area is 153 Å². The third kappa shape index (κ3) is 3.92. The largest absolute Gasteiger partial charge is 0.481 e. The van der Waals surface area contributed by atoms with Gasteiger partial charge in [0.05, 0.1) is 28.8 Å². The molecular weight excluding hydrogens is 356 g/mol. The van der Waals surface area contributed by atoms with Crippen molar-refractivity contribution in [3.05, 3.63) is 42.2 Å². The Balaban J connectivity index is 1.79. The summed E-state index contributed by atoms with van der Waals surface area (Å²) in [5, 5.41) is 12.4. The number of ether oxygens (including phenoxy) is 1. The van der Waals surface area contributed by atoms with Gasteiger partial charge in [0.25, 0.3) is 5.91 Å². The minimum absolute atomic E-state index is 0.0659. The zero-order valence-electron chi connectivity index (χ0n) is 14.3. The molecule has 136 valence electrons. The second-order valence-corrected chi connectivity index (χ2v) is 7.20. The smallest absolute Gasteiger partial charge is 0.305 e. The van der Waals surface area contributed by atoms with Crippen LogP contribution in [0.2, 0.25) is 0 Å². The molecule has 0 saturated carbocycles. The van der Waals surface area contributed by atoms with Crippen LogP contribution in [0.15, 0.2) is 40.8 Å². The normalized spacial score (nSPS) is 13.5. The Morgan fingerprint density at radius 1 is 1.31 bits per heavy atom. The molecule has 2 heterocycles. The molecule has 8 heteroatoms. The van der Waals surface area contributed by atoms with Gasteiger partial charge in [0, 0.05) is 7.11 Å². The van der Waals surface area contributed by atoms with E-state index in [9.17, 15) is 9.59 Å². The van der Waals surface area contributed by atoms with Crippen LogP contribution < -0.4 is 5.32 Å². The number of carbonyl (C=O) groups is 2. The van der Waals surface area contributed by atoms with Crippen molar-refractivity contribution >= 4 is 33.4 Å². The maximum absolute atomic E-state index is 12.5. The third-order valence-corrected chi connectivity index (χ3v) is 4.81. The second-order valence-electron chi connectivity index (χ2n) is 6.17. The Bertz CT molecular complexity index is 915. The Morgan fingerprint density at radius 3 is 2.77 bits per heavy atom. The predicted octanol–water partition coefficient (Wildman–Crippen LogP) is 3.17. The zero-order chi connectivity index (χ0) is 18.7. The lowest BCUT2D eigenvalue weighted by atomic mass is 9.99. The number of para-hydroxylation sites is 1. The number of carboxylic acid groups (broad SMARTS) is 1. The molecule has 1 atom stereocenters. The number of fused-ring (bicyclic) bond motifs is 1. The first kappa shape index (κ1) is 18.1. The van der Waals surface area contributed by atoms with Crippen LogP contribution in [0.1, 0.15) is 23.9 Å². The van der Waals surface area contributed by atoms with E-state index in [1.807, 2.05) is 24.3 Å². The number of carboxylic acids is 1. The molecule has 0 radical (unpaired) electrons. The highest BCUT2D eigenvalue weighted by molar-refractivity contribution is 7.21. The molecule has 3 rings (SSSR count). The number of nitrogens with one attached hydrogen (secondary N) is 1. The molecule has 0 bridgehead atoms. The van der Waals surface area contributed by atoms with Gasteiger partial charge in [-0.15, -0.1) is 11.3 Å². The predicted molar refractivity (Wildman–Crippen MR) is 97.3 cm³/mol. The Kier molecular flexibility index (Phi) is 5.06. The van der Waals surface area contributed by atoms with Gasteiger partial charge >= 0.3 is 5.97 Å². The SMILES string of the molecule is COCC(C)(CC(=O)O)NC(=O)c1ccc(-c2nc3ccccc3s2)o1. The number of carbonyl (C=O) groups excluding carboxylic acids is 1. The van der Waals surface area contributed by atoms with Crippen LogP contribution in [0.3, 0.4) is 0 Å². The van der Waals surface area contributed by atoms with Crippen LogP contribution in [0.25, 0.3) is 21.0 Å². The maximum Gasteiger partial charge on any atom is 0.305 e. The van der Waals surface area contributed by atoms with Gasteiger partial charge in [-0.25, -0.2) is 4.98 Å². The molecule has 0 fully saturated rings. The first-order valence-electron chi connectivity index (χ1n) is 7.89. The van der Waals surface area contributed by atoms with Gasteiger partial charge in [-0.3, -0.25) is 9.59 Å². The van der Waals surface area contributed by atoms with Crippen LogP contribution in [-0.2, 0) is 9.53 Å². The lowest BCUT2D eigenvalue weighted by molar-refractivity contribution is -0.139. The fourth-order valence-corrected chi connectivity index (χ4v) is 3.60. The summed E-state index contributed by atoms with van der Waals surface area (Å²) in [6.07, 6.45) is -0.266. The highest BCUT2D eigenvalue weighted by Crippen LogP contribution is 2.31. The van der Waals surface area contributed by atoms with Crippen molar-refractivity contribution in [2.45, 2.75) is 18.9 Å².